The number of nitrogens with one attached hydrogen (secondary N) is 1. The second kappa shape index (κ2) is 6.15. The molecule has 0 aliphatic carbocycles. The van der Waals surface area contributed by atoms with Crippen LogP contribution in [0.3, 0.4) is 0 Å². The molecule has 0 spiro atoms. The molecule has 5 heteroatoms. The number of morpholine rings is 1. The molecule has 1 heterocycles. The van der Waals surface area contributed by atoms with Gasteiger partial charge in [-0.3, -0.25) is 14.5 Å². The van der Waals surface area contributed by atoms with Gasteiger partial charge in [-0.15, -0.1) is 0 Å². The first-order valence-corrected chi connectivity index (χ1v) is 6.67. The van der Waals surface area contributed by atoms with Crippen molar-refractivity contribution in [2.75, 3.05) is 26.8 Å². The average Bonchev–Trinajstić information content (AvgIpc) is 2.37. The number of nitrogens with zero attached hydrogens (tertiary/aromatic N) is 1. The lowest BCUT2D eigenvalue weighted by atomic mass is 10.0. The molecule has 5 nitrogen and oxygen atoms in total. The maximum atomic E-state index is 11.8. The predicted octanol–water partition coefficient (Wildman–Crippen LogP) is 0.949. The Labute approximate surface area is 118 Å². The van der Waals surface area contributed by atoms with Gasteiger partial charge in [-0.2, -0.15) is 0 Å². The summed E-state index contributed by atoms with van der Waals surface area (Å²) < 4.78 is 4.92. The van der Waals surface area contributed by atoms with Gasteiger partial charge in [-0.1, -0.05) is 29.3 Å². The van der Waals surface area contributed by atoms with Crippen molar-refractivity contribution in [3.05, 3.63) is 34.9 Å². The Morgan fingerprint density at radius 2 is 1.70 bits per heavy atom. The smallest absolute Gasteiger partial charge is 0.255 e. The number of hydrogen-bond donors (Lipinski definition) is 1. The molecule has 0 radical (unpaired) electrons. The van der Waals surface area contributed by atoms with Crippen molar-refractivity contribution in [1.29, 1.82) is 0 Å². The molecular formula is C15H20N2O3. The lowest BCUT2D eigenvalue weighted by Crippen LogP contribution is -2.49. The van der Waals surface area contributed by atoms with Crippen LogP contribution >= 0.6 is 0 Å². The highest BCUT2D eigenvalue weighted by Crippen LogP contribution is 2.19. The Morgan fingerprint density at radius 1 is 1.15 bits per heavy atom. The Balaban J connectivity index is 2.19. The maximum absolute atomic E-state index is 11.8. The van der Waals surface area contributed by atoms with E-state index in [0.29, 0.717) is 6.54 Å². The zero-order chi connectivity index (χ0) is 14.7. The molecule has 1 aliphatic rings. The summed E-state index contributed by atoms with van der Waals surface area (Å²) in [6.07, 6.45) is 0. The number of aryl methyl sites for hydroxylation is 2. The van der Waals surface area contributed by atoms with Crippen LogP contribution in [0.1, 0.15) is 22.7 Å². The number of carbonyl (C=O) groups is 2. The van der Waals surface area contributed by atoms with Gasteiger partial charge >= 0.3 is 0 Å². The number of hydrogen-bond acceptors (Lipinski definition) is 4. The third-order valence-corrected chi connectivity index (χ3v) is 3.41. The highest BCUT2D eigenvalue weighted by molar-refractivity contribution is 5.98. The highest BCUT2D eigenvalue weighted by Gasteiger charge is 2.29. The van der Waals surface area contributed by atoms with Gasteiger partial charge in [0.15, 0.2) is 0 Å². The zero-order valence-corrected chi connectivity index (χ0v) is 12.1. The fraction of sp³-hybridized carbons (Fsp3) is 0.467. The largest absolute Gasteiger partial charge is 0.362 e. The van der Waals surface area contributed by atoms with Gasteiger partial charge in [0.1, 0.15) is 13.2 Å². The van der Waals surface area contributed by atoms with E-state index in [4.69, 9.17) is 4.74 Å². The van der Waals surface area contributed by atoms with E-state index in [2.05, 4.69) is 23.5 Å². The monoisotopic (exact) mass is 276 g/mol. The molecule has 1 unspecified atom stereocenters. The average molecular weight is 276 g/mol. The first-order chi connectivity index (χ1) is 9.51. The van der Waals surface area contributed by atoms with Crippen molar-refractivity contribution in [2.45, 2.75) is 19.9 Å². The van der Waals surface area contributed by atoms with Crippen molar-refractivity contribution < 1.29 is 14.3 Å². The normalized spacial score (nSPS) is 17.4. The van der Waals surface area contributed by atoms with Crippen molar-refractivity contribution in [3.63, 3.8) is 0 Å². The summed E-state index contributed by atoms with van der Waals surface area (Å²) in [6, 6.07) is 6.17. The summed E-state index contributed by atoms with van der Waals surface area (Å²) in [5.41, 5.74) is 3.41. The van der Waals surface area contributed by atoms with Crippen LogP contribution in [0.5, 0.6) is 0 Å². The Morgan fingerprint density at radius 3 is 2.20 bits per heavy atom. The predicted molar refractivity (Wildman–Crippen MR) is 75.3 cm³/mol. The van der Waals surface area contributed by atoms with Crippen LogP contribution in [0.15, 0.2) is 18.2 Å². The molecule has 0 aromatic heterocycles. The molecule has 0 bridgehead atoms. The van der Waals surface area contributed by atoms with Gasteiger partial charge in [-0.05, 0) is 26.5 Å². The lowest BCUT2D eigenvalue weighted by Gasteiger charge is -2.29. The number of rotatable bonds is 4. The van der Waals surface area contributed by atoms with Gasteiger partial charge in [0.05, 0.1) is 6.04 Å². The Bertz CT molecular complexity index is 492. The van der Waals surface area contributed by atoms with Crippen molar-refractivity contribution in [1.82, 2.24) is 10.2 Å². The van der Waals surface area contributed by atoms with E-state index < -0.39 is 0 Å². The fourth-order valence-electron chi connectivity index (χ4n) is 2.48. The van der Waals surface area contributed by atoms with E-state index in [-0.39, 0.29) is 31.1 Å². The van der Waals surface area contributed by atoms with E-state index >= 15 is 0 Å². The van der Waals surface area contributed by atoms with E-state index in [1.165, 1.54) is 16.0 Å². The molecule has 1 aromatic rings. The van der Waals surface area contributed by atoms with Gasteiger partial charge in [0, 0.05) is 6.54 Å². The number of likely N-dealkylation sites (N-methyl/N-ethyl adjacent to an activating group) is 1. The van der Waals surface area contributed by atoms with Crippen molar-refractivity contribution in [3.8, 4) is 0 Å². The Kier molecular flexibility index (Phi) is 4.52. The van der Waals surface area contributed by atoms with Crippen LogP contribution in [0.2, 0.25) is 0 Å². The van der Waals surface area contributed by atoms with Crippen molar-refractivity contribution >= 4 is 11.8 Å². The van der Waals surface area contributed by atoms with E-state index in [1.54, 1.807) is 0 Å². The molecule has 108 valence electrons. The molecule has 1 fully saturated rings. The van der Waals surface area contributed by atoms with Crippen LogP contribution in [0, 0.1) is 13.8 Å². The molecule has 2 rings (SSSR count). The molecule has 1 aliphatic heterocycles. The molecule has 0 saturated carbocycles. The van der Waals surface area contributed by atoms with Crippen LogP contribution in [0.25, 0.3) is 0 Å². The first-order valence-electron chi connectivity index (χ1n) is 6.67. The topological polar surface area (TPSA) is 58.6 Å². The SMILES string of the molecule is CNC(CN1C(=O)COCC1=O)c1cc(C)cc(C)c1. The standard InChI is InChI=1S/C15H20N2O3/c1-10-4-11(2)6-12(5-10)13(16-3)7-17-14(18)8-20-9-15(17)19/h4-6,13,16H,7-9H2,1-3H3. The van der Waals surface area contributed by atoms with Crippen molar-refractivity contribution in [2.24, 2.45) is 0 Å². The molecule has 1 saturated heterocycles. The van der Waals surface area contributed by atoms with Gasteiger partial charge in [-0.25, -0.2) is 0 Å². The molecule has 20 heavy (non-hydrogen) atoms. The maximum Gasteiger partial charge on any atom is 0.255 e. The van der Waals surface area contributed by atoms with E-state index in [0.717, 1.165) is 5.56 Å². The number of ether oxygens (including phenoxy) is 1. The first kappa shape index (κ1) is 14.7. The summed E-state index contributed by atoms with van der Waals surface area (Å²) in [7, 11) is 1.83. The second-order valence-electron chi connectivity index (χ2n) is 5.15. The van der Waals surface area contributed by atoms with Crippen LogP contribution < -0.4 is 5.32 Å². The van der Waals surface area contributed by atoms with Gasteiger partial charge in [0.2, 0.25) is 0 Å². The van der Waals surface area contributed by atoms with Gasteiger partial charge < -0.3 is 10.1 Å². The molecule has 1 atom stereocenters. The summed E-state index contributed by atoms with van der Waals surface area (Å²) >= 11 is 0. The number of amides is 2. The fourth-order valence-corrected chi connectivity index (χ4v) is 2.48. The van der Waals surface area contributed by atoms with Crippen LogP contribution in [0.4, 0.5) is 0 Å². The van der Waals surface area contributed by atoms with Gasteiger partial charge in [0.25, 0.3) is 11.8 Å². The molecular weight excluding hydrogens is 256 g/mol. The highest BCUT2D eigenvalue weighted by atomic mass is 16.5. The Hall–Kier alpha value is -1.72. The number of benzene rings is 1. The van der Waals surface area contributed by atoms with E-state index in [1.807, 2.05) is 20.9 Å². The molecule has 1 N–H and O–H groups in total. The third kappa shape index (κ3) is 3.23. The molecule has 1 aromatic carbocycles. The zero-order valence-electron chi connectivity index (χ0n) is 12.1. The quantitative estimate of drug-likeness (QED) is 0.832. The summed E-state index contributed by atoms with van der Waals surface area (Å²) in [6.45, 7) is 4.37. The van der Waals surface area contributed by atoms with E-state index in [9.17, 15) is 9.59 Å². The van der Waals surface area contributed by atoms with Crippen LogP contribution in [-0.4, -0.2) is 43.5 Å². The number of imide groups is 1. The second-order valence-corrected chi connectivity index (χ2v) is 5.15. The third-order valence-electron chi connectivity index (χ3n) is 3.41. The lowest BCUT2D eigenvalue weighted by molar-refractivity contribution is -0.158. The summed E-state index contributed by atoms with van der Waals surface area (Å²) in [4.78, 5) is 24.8. The summed E-state index contributed by atoms with van der Waals surface area (Å²) in [5.74, 6) is -0.545. The number of carbonyl (C=O) groups excluding carboxylic acids is 2. The van der Waals surface area contributed by atoms with Crippen LogP contribution in [-0.2, 0) is 14.3 Å². The minimum atomic E-state index is -0.272. The molecule has 2 amide bonds. The minimum Gasteiger partial charge on any atom is -0.362 e. The minimum absolute atomic E-state index is 0.0188. The summed E-state index contributed by atoms with van der Waals surface area (Å²) in [5, 5.41) is 3.17.